The van der Waals surface area contributed by atoms with E-state index in [1.807, 2.05) is 0 Å². The van der Waals surface area contributed by atoms with Gasteiger partial charge in [-0.1, -0.05) is 65.2 Å². The molecule has 0 radical (unpaired) electrons. The number of unbranched alkanes of at least 4 members (excludes halogenated alkanes) is 8. The predicted molar refractivity (Wildman–Crippen MR) is 91.5 cm³/mol. The van der Waals surface area contributed by atoms with Gasteiger partial charge in [0.25, 0.3) is 0 Å². The molecular weight excluding hydrogens is 373 g/mol. The molecule has 0 saturated heterocycles. The van der Waals surface area contributed by atoms with E-state index in [1.165, 1.54) is 49.7 Å². The van der Waals surface area contributed by atoms with Gasteiger partial charge >= 0.3 is 61.7 Å². The van der Waals surface area contributed by atoms with E-state index < -0.39 is 22.2 Å². The Morgan fingerprint density at radius 3 is 1.64 bits per heavy atom. The topological polar surface area (TPSA) is 124 Å². The molecule has 0 aromatic heterocycles. The van der Waals surface area contributed by atoms with E-state index in [0.717, 1.165) is 12.8 Å². The molecule has 9 heteroatoms. The molecule has 0 saturated carbocycles. The summed E-state index contributed by atoms with van der Waals surface area (Å²) >= 11 is 0. The van der Waals surface area contributed by atoms with Crippen LogP contribution in [0.1, 0.15) is 90.9 Å². The first-order valence-corrected chi connectivity index (χ1v) is 10.1. The number of carboxylic acids is 1. The Labute approximate surface area is 195 Å². The number of nitrogens with one attached hydrogen (secondary N) is 1. The van der Waals surface area contributed by atoms with Crippen molar-refractivity contribution in [2.45, 2.75) is 90.9 Å². The third-order valence-corrected chi connectivity index (χ3v) is 3.69. The van der Waals surface area contributed by atoms with Crippen LogP contribution >= 0.6 is 0 Å². The van der Waals surface area contributed by atoms with Crippen LogP contribution in [0.3, 0.4) is 0 Å². The predicted octanol–water partition coefficient (Wildman–Crippen LogP) is -0.633. The summed E-state index contributed by atoms with van der Waals surface area (Å²) in [7, 11) is -4.35. The van der Waals surface area contributed by atoms with Crippen molar-refractivity contribution in [1.82, 2.24) is 4.72 Å². The van der Waals surface area contributed by atoms with Crippen LogP contribution in [0.15, 0.2) is 0 Å². The standard InChI is InChI=1S/C12H24O2.C4H9NO4S.K/c1-2-3-4-5-6-7-8-9-10-11-12(13)14;1-2-3-4(6)5-10(7,8)9;/h2-11H2,1H3,(H,13,14);2-3H2,1H3,(H,5,6)(H,7,8,9);/q;;+1/p-1. The molecule has 0 aliphatic rings. The molecule has 0 rings (SSSR count). The Balaban J connectivity index is -0.000000392. The van der Waals surface area contributed by atoms with Crippen molar-refractivity contribution in [3.05, 3.63) is 0 Å². The largest absolute Gasteiger partial charge is 1.00 e. The van der Waals surface area contributed by atoms with Gasteiger partial charge in [0.2, 0.25) is 5.91 Å². The normalized spacial score (nSPS) is 10.2. The number of carbonyl (C=O) groups is 2. The monoisotopic (exact) mass is 405 g/mol. The van der Waals surface area contributed by atoms with E-state index in [9.17, 15) is 23.1 Å². The first kappa shape index (κ1) is 30.2. The van der Waals surface area contributed by atoms with Gasteiger partial charge < -0.3 is 9.90 Å². The van der Waals surface area contributed by atoms with Crippen molar-refractivity contribution in [3.8, 4) is 0 Å². The molecule has 0 atom stereocenters. The molecule has 25 heavy (non-hydrogen) atoms. The van der Waals surface area contributed by atoms with Gasteiger partial charge in [0.05, 0.1) is 0 Å². The summed E-state index contributed by atoms with van der Waals surface area (Å²) in [6.07, 6.45) is 11.8. The fraction of sp³-hybridized carbons (Fsp3) is 0.875. The van der Waals surface area contributed by atoms with Crippen LogP contribution in [0.4, 0.5) is 0 Å². The summed E-state index contributed by atoms with van der Waals surface area (Å²) < 4.78 is 29.3. The van der Waals surface area contributed by atoms with Crippen LogP contribution in [0.2, 0.25) is 0 Å². The van der Waals surface area contributed by atoms with E-state index in [4.69, 9.17) is 4.55 Å². The van der Waals surface area contributed by atoms with Crippen molar-refractivity contribution >= 4 is 22.2 Å². The molecular formula is C16H32KNO6S. The average Bonchev–Trinajstić information content (AvgIpc) is 2.44. The quantitative estimate of drug-likeness (QED) is 0.239. The molecule has 0 aliphatic carbocycles. The zero-order valence-corrected chi connectivity index (χ0v) is 19.8. The van der Waals surface area contributed by atoms with Crippen LogP contribution in [-0.2, 0) is 19.9 Å². The molecule has 144 valence electrons. The second-order valence-electron chi connectivity index (χ2n) is 5.70. The Kier molecular flexibility index (Phi) is 25.1. The number of carboxylic acid groups (broad SMARTS) is 1. The molecule has 0 spiro atoms. The van der Waals surface area contributed by atoms with Gasteiger partial charge in [-0.2, -0.15) is 8.42 Å². The van der Waals surface area contributed by atoms with Gasteiger partial charge in [0.1, 0.15) is 0 Å². The molecule has 0 unspecified atom stereocenters. The summed E-state index contributed by atoms with van der Waals surface area (Å²) in [6.45, 7) is 3.95. The third kappa shape index (κ3) is 32.6. The Hall–Kier alpha value is 0.486. The molecule has 0 aromatic rings. The molecule has 0 fully saturated rings. The second kappa shape index (κ2) is 20.8. The number of rotatable bonds is 13. The average molecular weight is 406 g/mol. The van der Waals surface area contributed by atoms with E-state index in [2.05, 4.69) is 6.92 Å². The van der Waals surface area contributed by atoms with Gasteiger partial charge in [0.15, 0.2) is 0 Å². The number of amides is 1. The van der Waals surface area contributed by atoms with Crippen LogP contribution in [-0.4, -0.2) is 24.8 Å². The Morgan fingerprint density at radius 1 is 0.840 bits per heavy atom. The summed E-state index contributed by atoms with van der Waals surface area (Å²) in [5, 5.41) is 10.1. The number of aliphatic carboxylic acids is 1. The minimum absolute atomic E-state index is 0. The van der Waals surface area contributed by atoms with Gasteiger partial charge in [-0.15, -0.1) is 0 Å². The summed E-state index contributed by atoms with van der Waals surface area (Å²) in [5.41, 5.74) is 0. The fourth-order valence-electron chi connectivity index (χ4n) is 2.00. The molecule has 1 amide bonds. The van der Waals surface area contributed by atoms with E-state index >= 15 is 0 Å². The Bertz CT molecular complexity index is 428. The zero-order chi connectivity index (χ0) is 18.8. The van der Waals surface area contributed by atoms with E-state index in [1.54, 1.807) is 6.92 Å². The van der Waals surface area contributed by atoms with Crippen LogP contribution in [0.25, 0.3) is 0 Å². The second-order valence-corrected chi connectivity index (χ2v) is 6.85. The van der Waals surface area contributed by atoms with Crippen molar-refractivity contribution in [2.75, 3.05) is 0 Å². The molecule has 0 aliphatic heterocycles. The van der Waals surface area contributed by atoms with Crippen LogP contribution in [0.5, 0.6) is 0 Å². The minimum Gasteiger partial charge on any atom is -0.550 e. The molecule has 2 N–H and O–H groups in total. The van der Waals surface area contributed by atoms with E-state index in [0.29, 0.717) is 6.42 Å². The van der Waals surface area contributed by atoms with Crippen molar-refractivity contribution in [2.24, 2.45) is 0 Å². The SMILES string of the molecule is CCCC(=O)NS(=O)(=O)O.CCCCCCCCCCCC(=O)[O-].[K+]. The first-order chi connectivity index (χ1) is 11.2. The van der Waals surface area contributed by atoms with E-state index in [-0.39, 0.29) is 64.2 Å². The summed E-state index contributed by atoms with van der Waals surface area (Å²) in [5.74, 6) is -1.60. The zero-order valence-electron chi connectivity index (χ0n) is 15.9. The minimum atomic E-state index is -4.35. The molecule has 0 aromatic carbocycles. The van der Waals surface area contributed by atoms with Gasteiger partial charge in [-0.25, -0.2) is 4.72 Å². The maximum absolute atomic E-state index is 10.4. The molecule has 7 nitrogen and oxygen atoms in total. The first-order valence-electron chi connectivity index (χ1n) is 8.70. The van der Waals surface area contributed by atoms with Gasteiger partial charge in [-0.05, 0) is 19.3 Å². The fourth-order valence-corrected chi connectivity index (χ4v) is 2.39. The Morgan fingerprint density at radius 2 is 1.28 bits per heavy atom. The molecule has 0 bridgehead atoms. The number of carbonyl (C=O) groups excluding carboxylic acids is 2. The summed E-state index contributed by atoms with van der Waals surface area (Å²) in [6, 6.07) is 0. The maximum Gasteiger partial charge on any atom is 1.00 e. The third-order valence-electron chi connectivity index (χ3n) is 3.20. The van der Waals surface area contributed by atoms with Crippen LogP contribution < -0.4 is 61.2 Å². The smallest absolute Gasteiger partial charge is 0.550 e. The van der Waals surface area contributed by atoms with Gasteiger partial charge in [-0.3, -0.25) is 9.35 Å². The van der Waals surface area contributed by atoms with Crippen molar-refractivity contribution in [3.63, 3.8) is 0 Å². The van der Waals surface area contributed by atoms with Crippen LogP contribution in [0, 0.1) is 0 Å². The number of hydrogen-bond acceptors (Lipinski definition) is 5. The van der Waals surface area contributed by atoms with Crippen molar-refractivity contribution < 1.29 is 79.1 Å². The number of hydrogen-bond donors (Lipinski definition) is 2. The summed E-state index contributed by atoms with van der Waals surface area (Å²) in [4.78, 5) is 20.5. The molecule has 0 heterocycles. The maximum atomic E-state index is 10.4. The van der Waals surface area contributed by atoms with Gasteiger partial charge in [0, 0.05) is 12.4 Å². The van der Waals surface area contributed by atoms with Crippen molar-refractivity contribution in [1.29, 1.82) is 0 Å².